The molecule has 2 aromatic rings. The molecule has 1 aliphatic carbocycles. The maximum atomic E-state index is 13.4. The van der Waals surface area contributed by atoms with E-state index in [-0.39, 0.29) is 18.2 Å². The van der Waals surface area contributed by atoms with E-state index in [4.69, 9.17) is 23.2 Å². The molecule has 2 amide bonds. The van der Waals surface area contributed by atoms with Gasteiger partial charge in [-0.1, -0.05) is 35.3 Å². The summed E-state index contributed by atoms with van der Waals surface area (Å²) in [4.78, 5) is 17.5. The van der Waals surface area contributed by atoms with E-state index in [2.05, 4.69) is 22.4 Å². The Morgan fingerprint density at radius 2 is 1.85 bits per heavy atom. The fraction of sp³-hybridized carbons (Fsp3) is 0.462. The van der Waals surface area contributed by atoms with Crippen molar-refractivity contribution in [1.29, 1.82) is 5.26 Å². The number of halogens is 2. The number of carbonyl (C=O) groups excluding carboxylic acids is 1. The Kier molecular flexibility index (Phi) is 8.33. The van der Waals surface area contributed by atoms with Gasteiger partial charge in [-0.2, -0.15) is 5.26 Å². The Bertz CT molecular complexity index is 1030. The molecule has 0 radical (unpaired) electrons. The second kappa shape index (κ2) is 11.4. The molecule has 2 aliphatic rings. The predicted octanol–water partition coefficient (Wildman–Crippen LogP) is 5.49. The Hall–Kier alpha value is -2.30. The van der Waals surface area contributed by atoms with Crippen LogP contribution in [0.5, 0.6) is 0 Å². The van der Waals surface area contributed by atoms with Crippen molar-refractivity contribution in [2.24, 2.45) is 0 Å². The van der Waals surface area contributed by atoms with Crippen molar-refractivity contribution < 1.29 is 9.90 Å². The van der Waals surface area contributed by atoms with Gasteiger partial charge in [-0.3, -0.25) is 4.90 Å². The summed E-state index contributed by atoms with van der Waals surface area (Å²) < 4.78 is 0. The summed E-state index contributed by atoms with van der Waals surface area (Å²) in [5, 5.41) is 23.0. The van der Waals surface area contributed by atoms with Gasteiger partial charge in [-0.15, -0.1) is 0 Å². The summed E-state index contributed by atoms with van der Waals surface area (Å²) >= 11 is 12.2. The number of benzene rings is 2. The number of nitrogens with zero attached hydrogens (tertiary/aromatic N) is 3. The van der Waals surface area contributed by atoms with Gasteiger partial charge in [0.2, 0.25) is 0 Å². The monoisotopic (exact) mass is 500 g/mol. The number of nitriles is 1. The molecule has 0 aromatic heterocycles. The third-order valence-electron chi connectivity index (χ3n) is 6.90. The van der Waals surface area contributed by atoms with Crippen molar-refractivity contribution in [3.05, 3.63) is 63.6 Å². The van der Waals surface area contributed by atoms with Gasteiger partial charge in [0.05, 0.1) is 17.7 Å². The van der Waals surface area contributed by atoms with Crippen LogP contribution in [0.25, 0.3) is 0 Å². The first kappa shape index (κ1) is 24.8. The number of aliphatic hydroxyl groups excluding tert-OH is 1. The zero-order valence-electron chi connectivity index (χ0n) is 19.1. The molecule has 6 nitrogen and oxygen atoms in total. The van der Waals surface area contributed by atoms with E-state index < -0.39 is 0 Å². The highest BCUT2D eigenvalue weighted by Crippen LogP contribution is 2.35. The van der Waals surface area contributed by atoms with Gasteiger partial charge in [0, 0.05) is 48.0 Å². The number of aliphatic hydroxyl groups is 1. The van der Waals surface area contributed by atoms with E-state index in [1.165, 1.54) is 5.56 Å². The first-order valence-corrected chi connectivity index (χ1v) is 12.6. The highest BCUT2D eigenvalue weighted by Gasteiger charge is 2.31. The first-order valence-electron chi connectivity index (χ1n) is 11.9. The number of anilines is 1. The smallest absolute Gasteiger partial charge is 0.322 e. The zero-order valence-corrected chi connectivity index (χ0v) is 20.6. The fourth-order valence-electron chi connectivity index (χ4n) is 5.12. The molecule has 2 fully saturated rings. The quantitative estimate of drug-likeness (QED) is 0.549. The van der Waals surface area contributed by atoms with E-state index >= 15 is 0 Å². The second-order valence-corrected chi connectivity index (χ2v) is 10.1. The van der Waals surface area contributed by atoms with Gasteiger partial charge in [-0.25, -0.2) is 4.79 Å². The molecule has 0 unspecified atom stereocenters. The van der Waals surface area contributed by atoms with Crippen molar-refractivity contribution in [2.45, 2.75) is 50.2 Å². The first-order chi connectivity index (χ1) is 16.4. The maximum absolute atomic E-state index is 13.4. The lowest BCUT2D eigenvalue weighted by atomic mass is 9.81. The lowest BCUT2D eigenvalue weighted by Gasteiger charge is -2.38. The van der Waals surface area contributed by atoms with Crippen LogP contribution in [0, 0.1) is 11.3 Å². The van der Waals surface area contributed by atoms with Gasteiger partial charge >= 0.3 is 6.03 Å². The minimum absolute atomic E-state index is 0.123. The molecular formula is C26H30Cl2N4O2. The molecule has 1 heterocycles. The van der Waals surface area contributed by atoms with Crippen molar-refractivity contribution in [1.82, 2.24) is 9.80 Å². The van der Waals surface area contributed by atoms with Crippen LogP contribution in [0.15, 0.2) is 42.5 Å². The van der Waals surface area contributed by atoms with E-state index in [0.29, 0.717) is 40.3 Å². The van der Waals surface area contributed by atoms with Gasteiger partial charge < -0.3 is 15.3 Å². The second-order valence-electron chi connectivity index (χ2n) is 9.27. The Balaban J connectivity index is 1.43. The highest BCUT2D eigenvalue weighted by atomic mass is 35.5. The number of carbonyl (C=O) groups is 1. The minimum atomic E-state index is -0.282. The summed E-state index contributed by atoms with van der Waals surface area (Å²) in [6, 6.07) is 15.1. The number of rotatable bonds is 6. The number of hydrogen-bond donors (Lipinski definition) is 2. The van der Waals surface area contributed by atoms with Crippen molar-refractivity contribution in [2.75, 3.05) is 31.5 Å². The molecule has 0 spiro atoms. The van der Waals surface area contributed by atoms with E-state index in [0.717, 1.165) is 45.2 Å². The molecule has 1 atom stereocenters. The zero-order chi connectivity index (χ0) is 24.1. The molecular weight excluding hydrogens is 471 g/mol. The SMILES string of the molecule is N#Cc1cccc([C@H]2CC[C@@H](N(CCN3CC[C@@H](O)C3)C(=O)Nc3cc(Cl)cc(Cl)c3)CC2)c1. The standard InChI is InChI=1S/C26H30Cl2N4O2/c27-21-13-22(28)15-23(14-21)30-26(34)32(11-10-31-9-8-25(33)17-31)24-6-4-19(5-7-24)20-3-1-2-18(12-20)16-29/h1-3,12-15,19,24-25,33H,4-11,17H2,(H,30,34)/t19-,24+,25-/m1/s1. The molecule has 180 valence electrons. The lowest BCUT2D eigenvalue weighted by Crippen LogP contribution is -2.47. The number of nitrogens with one attached hydrogen (secondary N) is 1. The molecule has 4 rings (SSSR count). The molecule has 2 aromatic carbocycles. The van der Waals surface area contributed by atoms with Crippen LogP contribution in [0.3, 0.4) is 0 Å². The van der Waals surface area contributed by atoms with Gasteiger partial charge in [-0.05, 0) is 73.9 Å². The third kappa shape index (κ3) is 6.43. The number of β-amino-alcohol motifs (C(OH)–C–C–N with tert-alkyl or cyclic N) is 1. The fourth-order valence-corrected chi connectivity index (χ4v) is 5.64. The third-order valence-corrected chi connectivity index (χ3v) is 7.34. The molecule has 1 saturated heterocycles. The van der Waals surface area contributed by atoms with Crippen molar-refractivity contribution in [3.8, 4) is 6.07 Å². The summed E-state index contributed by atoms with van der Waals surface area (Å²) in [5.74, 6) is 0.398. The normalized spacial score (nSPS) is 22.8. The molecule has 1 saturated carbocycles. The maximum Gasteiger partial charge on any atom is 0.322 e. The summed E-state index contributed by atoms with van der Waals surface area (Å²) in [6.45, 7) is 2.82. The largest absolute Gasteiger partial charge is 0.392 e. The van der Waals surface area contributed by atoms with Crippen LogP contribution in [0.2, 0.25) is 10.0 Å². The van der Waals surface area contributed by atoms with Crippen LogP contribution >= 0.6 is 23.2 Å². The molecule has 8 heteroatoms. The van der Waals surface area contributed by atoms with Crippen LogP contribution in [0.4, 0.5) is 10.5 Å². The van der Waals surface area contributed by atoms with E-state index in [1.807, 2.05) is 23.1 Å². The van der Waals surface area contributed by atoms with E-state index in [1.54, 1.807) is 18.2 Å². The van der Waals surface area contributed by atoms with Crippen LogP contribution in [-0.2, 0) is 0 Å². The number of amides is 2. The molecule has 1 aliphatic heterocycles. The Morgan fingerprint density at radius 3 is 2.50 bits per heavy atom. The Morgan fingerprint density at radius 1 is 1.12 bits per heavy atom. The lowest BCUT2D eigenvalue weighted by molar-refractivity contribution is 0.143. The van der Waals surface area contributed by atoms with Crippen LogP contribution in [0.1, 0.15) is 49.1 Å². The minimum Gasteiger partial charge on any atom is -0.392 e. The van der Waals surface area contributed by atoms with E-state index in [9.17, 15) is 15.2 Å². The molecule has 2 N–H and O–H groups in total. The molecule has 0 bridgehead atoms. The average Bonchev–Trinajstić information content (AvgIpc) is 3.24. The van der Waals surface area contributed by atoms with Crippen LogP contribution in [-0.4, -0.2) is 59.3 Å². The Labute approximate surface area is 211 Å². The average molecular weight is 501 g/mol. The number of likely N-dealkylation sites (tertiary alicyclic amines) is 1. The van der Waals surface area contributed by atoms with Crippen molar-refractivity contribution >= 4 is 34.9 Å². The van der Waals surface area contributed by atoms with Crippen molar-refractivity contribution in [3.63, 3.8) is 0 Å². The van der Waals surface area contributed by atoms with Crippen LogP contribution < -0.4 is 5.32 Å². The number of urea groups is 1. The summed E-state index contributed by atoms with van der Waals surface area (Å²) in [6.07, 6.45) is 4.22. The van der Waals surface area contributed by atoms with Gasteiger partial charge in [0.15, 0.2) is 0 Å². The molecule has 34 heavy (non-hydrogen) atoms. The number of hydrogen-bond acceptors (Lipinski definition) is 4. The van der Waals surface area contributed by atoms with Gasteiger partial charge in [0.1, 0.15) is 0 Å². The summed E-state index contributed by atoms with van der Waals surface area (Å²) in [5.41, 5.74) is 2.47. The highest BCUT2D eigenvalue weighted by molar-refractivity contribution is 6.35. The topological polar surface area (TPSA) is 79.6 Å². The van der Waals surface area contributed by atoms with Gasteiger partial charge in [0.25, 0.3) is 0 Å². The summed E-state index contributed by atoms with van der Waals surface area (Å²) in [7, 11) is 0. The predicted molar refractivity (Wildman–Crippen MR) is 135 cm³/mol.